The maximum Gasteiger partial charge on any atom is 0.183 e. The van der Waals surface area contributed by atoms with Crippen molar-refractivity contribution in [2.75, 3.05) is 0 Å². The minimum Gasteiger partial charge on any atom is -0.293 e. The van der Waals surface area contributed by atoms with Gasteiger partial charge in [0.05, 0.1) is 18.0 Å². The molecule has 0 unspecified atom stereocenters. The summed E-state index contributed by atoms with van der Waals surface area (Å²) in [5.41, 5.74) is 0.634. The van der Waals surface area contributed by atoms with Crippen molar-refractivity contribution < 1.29 is 4.79 Å². The van der Waals surface area contributed by atoms with Crippen molar-refractivity contribution in [1.29, 1.82) is 5.26 Å². The SMILES string of the molecule is CC(=O)c1nccnc1-n1cc(C#N)cn1. The number of aromatic nitrogens is 4. The molecular weight excluding hydrogens is 206 g/mol. The summed E-state index contributed by atoms with van der Waals surface area (Å²) in [6.07, 6.45) is 5.81. The predicted molar refractivity (Wildman–Crippen MR) is 53.9 cm³/mol. The second-order valence-corrected chi connectivity index (χ2v) is 3.07. The van der Waals surface area contributed by atoms with Gasteiger partial charge < -0.3 is 0 Å². The fraction of sp³-hybridized carbons (Fsp3) is 0.100. The van der Waals surface area contributed by atoms with E-state index in [0.29, 0.717) is 11.4 Å². The lowest BCUT2D eigenvalue weighted by Gasteiger charge is -2.03. The van der Waals surface area contributed by atoms with E-state index in [0.717, 1.165) is 0 Å². The second kappa shape index (κ2) is 3.90. The number of carbonyl (C=O) groups excluding carboxylic acids is 1. The Morgan fingerprint density at radius 3 is 2.81 bits per heavy atom. The van der Waals surface area contributed by atoms with Gasteiger partial charge in [0.15, 0.2) is 17.3 Å². The van der Waals surface area contributed by atoms with Gasteiger partial charge in [0, 0.05) is 19.3 Å². The zero-order valence-corrected chi connectivity index (χ0v) is 8.45. The first-order chi connectivity index (χ1) is 7.72. The van der Waals surface area contributed by atoms with Crippen molar-refractivity contribution in [1.82, 2.24) is 19.7 Å². The summed E-state index contributed by atoms with van der Waals surface area (Å²) in [6, 6.07) is 1.95. The van der Waals surface area contributed by atoms with Gasteiger partial charge >= 0.3 is 0 Å². The monoisotopic (exact) mass is 213 g/mol. The van der Waals surface area contributed by atoms with E-state index < -0.39 is 0 Å². The van der Waals surface area contributed by atoms with E-state index in [9.17, 15) is 4.79 Å². The molecule has 0 saturated heterocycles. The van der Waals surface area contributed by atoms with Crippen LogP contribution >= 0.6 is 0 Å². The molecule has 6 nitrogen and oxygen atoms in total. The van der Waals surface area contributed by atoms with E-state index in [-0.39, 0.29) is 11.5 Å². The smallest absolute Gasteiger partial charge is 0.183 e. The fourth-order valence-corrected chi connectivity index (χ4v) is 1.24. The highest BCUT2D eigenvalue weighted by Gasteiger charge is 2.12. The molecule has 0 aliphatic carbocycles. The van der Waals surface area contributed by atoms with Gasteiger partial charge in [-0.3, -0.25) is 4.79 Å². The zero-order chi connectivity index (χ0) is 11.5. The van der Waals surface area contributed by atoms with Crippen LogP contribution in [0.15, 0.2) is 24.8 Å². The molecule has 0 saturated carbocycles. The van der Waals surface area contributed by atoms with Crippen molar-refractivity contribution >= 4 is 5.78 Å². The molecule has 0 aromatic carbocycles. The molecule has 16 heavy (non-hydrogen) atoms. The maximum atomic E-state index is 11.3. The summed E-state index contributed by atoms with van der Waals surface area (Å²) in [4.78, 5) is 19.3. The zero-order valence-electron chi connectivity index (χ0n) is 8.45. The number of nitrogens with zero attached hydrogens (tertiary/aromatic N) is 5. The van der Waals surface area contributed by atoms with Crippen LogP contribution in [0.25, 0.3) is 5.82 Å². The average Bonchev–Trinajstić information content (AvgIpc) is 2.77. The van der Waals surface area contributed by atoms with Crippen LogP contribution in [-0.4, -0.2) is 25.5 Å². The Labute approximate surface area is 91.2 Å². The third-order valence-electron chi connectivity index (χ3n) is 1.94. The third kappa shape index (κ3) is 1.66. The van der Waals surface area contributed by atoms with Crippen molar-refractivity contribution in [2.45, 2.75) is 6.92 Å². The molecule has 2 aromatic rings. The normalized spacial score (nSPS) is 9.75. The first-order valence-corrected chi connectivity index (χ1v) is 4.49. The highest BCUT2D eigenvalue weighted by molar-refractivity contribution is 5.94. The fourth-order valence-electron chi connectivity index (χ4n) is 1.24. The lowest BCUT2D eigenvalue weighted by Crippen LogP contribution is -2.08. The van der Waals surface area contributed by atoms with Crippen LogP contribution in [0.5, 0.6) is 0 Å². The molecular formula is C10H7N5O. The maximum absolute atomic E-state index is 11.3. The van der Waals surface area contributed by atoms with Crippen LogP contribution in [0.1, 0.15) is 23.0 Å². The van der Waals surface area contributed by atoms with Crippen molar-refractivity contribution in [3.63, 3.8) is 0 Å². The number of carbonyl (C=O) groups is 1. The predicted octanol–water partition coefficient (Wildman–Crippen LogP) is 0.737. The van der Waals surface area contributed by atoms with Gasteiger partial charge in [-0.2, -0.15) is 10.4 Å². The van der Waals surface area contributed by atoms with E-state index in [2.05, 4.69) is 15.1 Å². The summed E-state index contributed by atoms with van der Waals surface area (Å²) < 4.78 is 1.36. The average molecular weight is 213 g/mol. The number of Topliss-reactive ketones (excluding diaryl/α,β-unsaturated/α-hetero) is 1. The summed E-state index contributed by atoms with van der Waals surface area (Å²) in [6.45, 7) is 1.40. The Bertz CT molecular complexity index is 581. The quantitative estimate of drug-likeness (QED) is 0.687. The number of rotatable bonds is 2. The van der Waals surface area contributed by atoms with E-state index in [1.165, 1.54) is 36.4 Å². The number of nitriles is 1. The lowest BCUT2D eigenvalue weighted by molar-refractivity contribution is 0.101. The summed E-state index contributed by atoms with van der Waals surface area (Å²) in [5.74, 6) is 0.133. The molecule has 78 valence electrons. The van der Waals surface area contributed by atoms with Crippen LogP contribution in [0, 0.1) is 11.3 Å². The van der Waals surface area contributed by atoms with Crippen LogP contribution < -0.4 is 0 Å². The molecule has 0 aliphatic heterocycles. The lowest BCUT2D eigenvalue weighted by atomic mass is 10.3. The summed E-state index contributed by atoms with van der Waals surface area (Å²) in [5, 5.41) is 12.6. The molecule has 0 fully saturated rings. The standard InChI is InChI=1S/C10H7N5O/c1-7(16)9-10(13-3-2-12-9)15-6-8(4-11)5-14-15/h2-3,5-6H,1H3. The minimum absolute atomic E-state index is 0.197. The van der Waals surface area contributed by atoms with Gasteiger partial charge in [0.25, 0.3) is 0 Å². The Kier molecular flexibility index (Phi) is 2.44. The number of hydrogen-bond donors (Lipinski definition) is 0. The summed E-state index contributed by atoms with van der Waals surface area (Å²) >= 11 is 0. The minimum atomic E-state index is -0.197. The van der Waals surface area contributed by atoms with Crippen LogP contribution in [0.4, 0.5) is 0 Å². The van der Waals surface area contributed by atoms with E-state index in [1.807, 2.05) is 6.07 Å². The van der Waals surface area contributed by atoms with E-state index in [1.54, 1.807) is 0 Å². The molecule has 0 spiro atoms. The Morgan fingerprint density at radius 2 is 2.19 bits per heavy atom. The van der Waals surface area contributed by atoms with Crippen LogP contribution in [0.3, 0.4) is 0 Å². The highest BCUT2D eigenvalue weighted by Crippen LogP contribution is 2.09. The van der Waals surface area contributed by atoms with Gasteiger partial charge in [0.1, 0.15) is 6.07 Å². The number of hydrogen-bond acceptors (Lipinski definition) is 5. The topological polar surface area (TPSA) is 84.5 Å². The van der Waals surface area contributed by atoms with Crippen molar-refractivity contribution in [3.05, 3.63) is 36.0 Å². The molecule has 0 bridgehead atoms. The molecule has 6 heteroatoms. The molecule has 0 N–H and O–H groups in total. The Balaban J connectivity index is 2.56. The Morgan fingerprint density at radius 1 is 1.44 bits per heavy atom. The first kappa shape index (κ1) is 9.98. The third-order valence-corrected chi connectivity index (χ3v) is 1.94. The van der Waals surface area contributed by atoms with Crippen molar-refractivity contribution in [2.24, 2.45) is 0 Å². The van der Waals surface area contributed by atoms with Crippen LogP contribution in [0.2, 0.25) is 0 Å². The van der Waals surface area contributed by atoms with Crippen molar-refractivity contribution in [3.8, 4) is 11.9 Å². The summed E-state index contributed by atoms with van der Waals surface area (Å²) in [7, 11) is 0. The molecule has 0 atom stereocenters. The molecule has 2 heterocycles. The molecule has 2 rings (SSSR count). The first-order valence-electron chi connectivity index (χ1n) is 4.49. The second-order valence-electron chi connectivity index (χ2n) is 3.07. The van der Waals surface area contributed by atoms with Gasteiger partial charge in [-0.25, -0.2) is 14.6 Å². The van der Waals surface area contributed by atoms with Gasteiger partial charge in [-0.1, -0.05) is 0 Å². The van der Waals surface area contributed by atoms with Gasteiger partial charge in [-0.15, -0.1) is 0 Å². The van der Waals surface area contributed by atoms with E-state index in [4.69, 9.17) is 5.26 Å². The van der Waals surface area contributed by atoms with Crippen LogP contribution in [-0.2, 0) is 0 Å². The molecule has 2 aromatic heterocycles. The van der Waals surface area contributed by atoms with E-state index >= 15 is 0 Å². The highest BCUT2D eigenvalue weighted by atomic mass is 16.1. The molecule has 0 aliphatic rings. The Hall–Kier alpha value is -2.55. The van der Waals surface area contributed by atoms with Gasteiger partial charge in [0.2, 0.25) is 0 Å². The molecule has 0 radical (unpaired) electrons. The largest absolute Gasteiger partial charge is 0.293 e. The number of ketones is 1. The molecule has 0 amide bonds. The van der Waals surface area contributed by atoms with Gasteiger partial charge in [-0.05, 0) is 0 Å².